The van der Waals surface area contributed by atoms with Gasteiger partial charge in [0.15, 0.2) is 0 Å². The van der Waals surface area contributed by atoms with Gasteiger partial charge in [-0.05, 0) is 45.4 Å². The number of hydrogen-bond donors (Lipinski definition) is 2. The van der Waals surface area contributed by atoms with E-state index in [0.717, 1.165) is 41.3 Å². The van der Waals surface area contributed by atoms with E-state index >= 15 is 0 Å². The second-order valence-corrected chi connectivity index (χ2v) is 6.97. The van der Waals surface area contributed by atoms with Crippen LogP contribution in [0, 0.1) is 12.8 Å². The summed E-state index contributed by atoms with van der Waals surface area (Å²) in [6, 6.07) is 4.25. The second-order valence-electron chi connectivity index (χ2n) is 6.02. The summed E-state index contributed by atoms with van der Waals surface area (Å²) < 4.78 is 0. The predicted octanol–water partition coefficient (Wildman–Crippen LogP) is 2.52. The van der Waals surface area contributed by atoms with Gasteiger partial charge in [-0.25, -0.2) is 4.98 Å². The van der Waals surface area contributed by atoms with Crippen molar-refractivity contribution in [2.75, 3.05) is 6.54 Å². The minimum atomic E-state index is 0.0597. The van der Waals surface area contributed by atoms with Crippen LogP contribution >= 0.6 is 11.3 Å². The molecule has 3 heterocycles. The topological polar surface area (TPSA) is 66.9 Å². The highest BCUT2D eigenvalue weighted by atomic mass is 32.1. The maximum absolute atomic E-state index is 12.3. The number of carbonyl (C=O) groups is 1. The van der Waals surface area contributed by atoms with Crippen LogP contribution in [-0.4, -0.2) is 28.5 Å². The average molecular weight is 330 g/mol. The minimum absolute atomic E-state index is 0.0597. The Bertz CT molecular complexity index is 667. The van der Waals surface area contributed by atoms with Crippen LogP contribution in [0.25, 0.3) is 11.3 Å². The second kappa shape index (κ2) is 7.19. The van der Waals surface area contributed by atoms with E-state index in [1.807, 2.05) is 30.6 Å². The molecule has 2 aromatic heterocycles. The molecule has 0 saturated carbocycles. The molecule has 1 fully saturated rings. The molecule has 2 atom stereocenters. The van der Waals surface area contributed by atoms with Crippen molar-refractivity contribution in [2.45, 2.75) is 39.3 Å². The van der Waals surface area contributed by atoms with E-state index in [1.54, 1.807) is 11.3 Å². The van der Waals surface area contributed by atoms with Crippen LogP contribution in [-0.2, 0) is 11.3 Å². The van der Waals surface area contributed by atoms with Gasteiger partial charge in [0.05, 0.1) is 18.2 Å². The number of aryl methyl sites for hydroxylation is 1. The first-order valence-corrected chi connectivity index (χ1v) is 8.90. The van der Waals surface area contributed by atoms with Crippen molar-refractivity contribution in [2.24, 2.45) is 5.92 Å². The summed E-state index contributed by atoms with van der Waals surface area (Å²) in [6.45, 7) is 5.54. The van der Waals surface area contributed by atoms with E-state index in [1.165, 1.54) is 0 Å². The third kappa shape index (κ3) is 3.95. The van der Waals surface area contributed by atoms with Gasteiger partial charge in [0.1, 0.15) is 5.01 Å². The first-order valence-electron chi connectivity index (χ1n) is 8.02. The fourth-order valence-electron chi connectivity index (χ4n) is 2.84. The van der Waals surface area contributed by atoms with Gasteiger partial charge >= 0.3 is 0 Å². The molecule has 2 N–H and O–H groups in total. The molecule has 5 nitrogen and oxygen atoms in total. The first kappa shape index (κ1) is 16.1. The number of amides is 1. The molecule has 1 amide bonds. The third-order valence-corrected chi connectivity index (χ3v) is 5.12. The Kier molecular flexibility index (Phi) is 5.03. The number of thiazole rings is 1. The van der Waals surface area contributed by atoms with Crippen molar-refractivity contribution < 1.29 is 4.79 Å². The lowest BCUT2D eigenvalue weighted by Gasteiger charge is -2.28. The molecule has 0 aliphatic carbocycles. The van der Waals surface area contributed by atoms with E-state index < -0.39 is 0 Å². The monoisotopic (exact) mass is 330 g/mol. The Hall–Kier alpha value is -1.79. The molecule has 3 rings (SSSR count). The molecule has 0 bridgehead atoms. The maximum Gasteiger partial charge on any atom is 0.225 e. The zero-order valence-electron chi connectivity index (χ0n) is 13.5. The summed E-state index contributed by atoms with van der Waals surface area (Å²) in [7, 11) is 0. The summed E-state index contributed by atoms with van der Waals surface area (Å²) >= 11 is 1.57. The summed E-state index contributed by atoms with van der Waals surface area (Å²) in [6.07, 6.45) is 3.85. The zero-order valence-corrected chi connectivity index (χ0v) is 14.3. The van der Waals surface area contributed by atoms with Crippen LogP contribution in [0.2, 0.25) is 0 Å². The minimum Gasteiger partial charge on any atom is -0.349 e. The van der Waals surface area contributed by atoms with Gasteiger partial charge in [0, 0.05) is 28.9 Å². The molecule has 1 aliphatic heterocycles. The van der Waals surface area contributed by atoms with Crippen molar-refractivity contribution in [1.82, 2.24) is 20.6 Å². The molecule has 23 heavy (non-hydrogen) atoms. The first-order chi connectivity index (χ1) is 11.1. The molecule has 2 aromatic rings. The van der Waals surface area contributed by atoms with Crippen LogP contribution in [0.3, 0.4) is 0 Å². The molecular formula is C17H22N4OS. The summed E-state index contributed by atoms with van der Waals surface area (Å²) in [4.78, 5) is 21.2. The largest absolute Gasteiger partial charge is 0.349 e. The Labute approximate surface area is 140 Å². The fraction of sp³-hybridized carbons (Fsp3) is 0.471. The molecule has 0 radical (unpaired) electrons. The highest BCUT2D eigenvalue weighted by molar-refractivity contribution is 7.09. The Morgan fingerprint density at radius 3 is 3.09 bits per heavy atom. The molecule has 0 aromatic carbocycles. The third-order valence-electron chi connectivity index (χ3n) is 4.27. The number of rotatable bonds is 4. The lowest BCUT2D eigenvalue weighted by molar-refractivity contribution is -0.126. The van der Waals surface area contributed by atoms with Gasteiger partial charge in [-0.2, -0.15) is 0 Å². The standard InChI is InChI=1S/C17H22N4OS/c1-11-5-6-13(8-19-11)15-10-23-16(21-15)9-20-17(22)14-4-3-7-18-12(14)2/h5-6,8,10,12,14,18H,3-4,7,9H2,1-2H3,(H,20,22)/t12-,14-/m0/s1. The number of aromatic nitrogens is 2. The van der Waals surface area contributed by atoms with Gasteiger partial charge in [-0.3, -0.25) is 9.78 Å². The molecule has 122 valence electrons. The van der Waals surface area contributed by atoms with Crippen LogP contribution in [0.15, 0.2) is 23.7 Å². The van der Waals surface area contributed by atoms with Crippen molar-refractivity contribution in [3.05, 3.63) is 34.4 Å². The van der Waals surface area contributed by atoms with Crippen molar-refractivity contribution in [1.29, 1.82) is 0 Å². The van der Waals surface area contributed by atoms with E-state index in [9.17, 15) is 4.79 Å². The number of pyridine rings is 1. The normalized spacial score (nSPS) is 21.1. The lowest BCUT2D eigenvalue weighted by atomic mass is 9.91. The van der Waals surface area contributed by atoms with E-state index in [0.29, 0.717) is 6.54 Å². The lowest BCUT2D eigenvalue weighted by Crippen LogP contribution is -2.46. The van der Waals surface area contributed by atoms with E-state index in [2.05, 4.69) is 27.5 Å². The Balaban J connectivity index is 1.58. The van der Waals surface area contributed by atoms with E-state index in [4.69, 9.17) is 0 Å². The van der Waals surface area contributed by atoms with Crippen LogP contribution < -0.4 is 10.6 Å². The maximum atomic E-state index is 12.3. The van der Waals surface area contributed by atoms with E-state index in [-0.39, 0.29) is 17.9 Å². The summed E-state index contributed by atoms with van der Waals surface area (Å²) in [5.41, 5.74) is 2.92. The van der Waals surface area contributed by atoms with Gasteiger partial charge in [-0.1, -0.05) is 0 Å². The average Bonchev–Trinajstić information content (AvgIpc) is 3.03. The molecular weight excluding hydrogens is 308 g/mol. The number of nitrogens with zero attached hydrogens (tertiary/aromatic N) is 2. The van der Waals surface area contributed by atoms with Gasteiger partial charge in [0.2, 0.25) is 5.91 Å². The Morgan fingerprint density at radius 1 is 1.48 bits per heavy atom. The smallest absolute Gasteiger partial charge is 0.225 e. The van der Waals surface area contributed by atoms with Crippen molar-refractivity contribution >= 4 is 17.2 Å². The predicted molar refractivity (Wildman–Crippen MR) is 92.1 cm³/mol. The van der Waals surface area contributed by atoms with Gasteiger partial charge in [-0.15, -0.1) is 11.3 Å². The number of carbonyl (C=O) groups excluding carboxylic acids is 1. The van der Waals surface area contributed by atoms with Gasteiger partial charge in [0.25, 0.3) is 0 Å². The quantitative estimate of drug-likeness (QED) is 0.904. The summed E-state index contributed by atoms with van der Waals surface area (Å²) in [5.74, 6) is 0.183. The van der Waals surface area contributed by atoms with Crippen molar-refractivity contribution in [3.63, 3.8) is 0 Å². The fourth-order valence-corrected chi connectivity index (χ4v) is 3.58. The summed E-state index contributed by atoms with van der Waals surface area (Å²) in [5, 5.41) is 9.32. The zero-order chi connectivity index (χ0) is 16.2. The molecule has 6 heteroatoms. The SMILES string of the molecule is Cc1ccc(-c2csc(CNC(=O)[C@H]3CCCN[C@H]3C)n2)cn1. The molecule has 1 aliphatic rings. The molecule has 0 spiro atoms. The van der Waals surface area contributed by atoms with Crippen LogP contribution in [0.1, 0.15) is 30.5 Å². The molecule has 1 saturated heterocycles. The number of hydrogen-bond acceptors (Lipinski definition) is 5. The van der Waals surface area contributed by atoms with Crippen LogP contribution in [0.4, 0.5) is 0 Å². The number of piperidine rings is 1. The van der Waals surface area contributed by atoms with Crippen molar-refractivity contribution in [3.8, 4) is 11.3 Å². The van der Waals surface area contributed by atoms with Gasteiger partial charge < -0.3 is 10.6 Å². The molecule has 0 unspecified atom stereocenters. The number of nitrogens with one attached hydrogen (secondary N) is 2. The Morgan fingerprint density at radius 2 is 2.35 bits per heavy atom. The highest BCUT2D eigenvalue weighted by Crippen LogP contribution is 2.22. The highest BCUT2D eigenvalue weighted by Gasteiger charge is 2.27. The van der Waals surface area contributed by atoms with Crippen LogP contribution in [0.5, 0.6) is 0 Å².